The van der Waals surface area contributed by atoms with Gasteiger partial charge in [0.25, 0.3) is 11.8 Å². The highest BCUT2D eigenvalue weighted by atomic mass is 16.2. The molecule has 0 aromatic carbocycles. The first-order valence-corrected chi connectivity index (χ1v) is 13.2. The van der Waals surface area contributed by atoms with Gasteiger partial charge in [-0.3, -0.25) is 19.1 Å². The van der Waals surface area contributed by atoms with Crippen molar-refractivity contribution < 1.29 is 14.4 Å². The Balaban J connectivity index is 1.38. The van der Waals surface area contributed by atoms with Gasteiger partial charge in [-0.2, -0.15) is 5.10 Å². The van der Waals surface area contributed by atoms with E-state index in [1.165, 1.54) is 0 Å². The van der Waals surface area contributed by atoms with Crippen molar-refractivity contribution in [1.29, 1.82) is 0 Å². The summed E-state index contributed by atoms with van der Waals surface area (Å²) >= 11 is 0. The molecule has 1 atom stereocenters. The Kier molecular flexibility index (Phi) is 8.11. The largest absolute Gasteiger partial charge is 0.351 e. The van der Waals surface area contributed by atoms with E-state index in [1.54, 1.807) is 15.6 Å². The van der Waals surface area contributed by atoms with Crippen LogP contribution in [0.2, 0.25) is 0 Å². The molecular formula is C25H41N7O3. The molecule has 0 spiro atoms. The van der Waals surface area contributed by atoms with Crippen molar-refractivity contribution in [1.82, 2.24) is 35.1 Å². The maximum absolute atomic E-state index is 13.4. The number of likely N-dealkylation sites (N-methyl/N-ethyl adjacent to an activating group) is 1. The van der Waals surface area contributed by atoms with Gasteiger partial charge in [-0.15, -0.1) is 0 Å². The van der Waals surface area contributed by atoms with Crippen molar-refractivity contribution in [2.24, 2.45) is 0 Å². The predicted molar refractivity (Wildman–Crippen MR) is 133 cm³/mol. The number of fused-ring (bicyclic) bond motifs is 1. The first-order chi connectivity index (χ1) is 16.8. The second-order valence-corrected chi connectivity index (χ2v) is 10.5. The Bertz CT molecular complexity index is 918. The average Bonchev–Trinajstić information content (AvgIpc) is 3.50. The highest BCUT2D eigenvalue weighted by Gasteiger charge is 2.48. The number of rotatable bonds is 9. The van der Waals surface area contributed by atoms with Crippen LogP contribution < -0.4 is 10.6 Å². The molecule has 2 aliphatic heterocycles. The van der Waals surface area contributed by atoms with Gasteiger partial charge < -0.3 is 25.3 Å². The number of aromatic nitrogens is 2. The lowest BCUT2D eigenvalue weighted by Gasteiger charge is -2.43. The van der Waals surface area contributed by atoms with Crippen molar-refractivity contribution in [2.45, 2.75) is 70.5 Å². The van der Waals surface area contributed by atoms with E-state index in [0.717, 1.165) is 71.2 Å². The normalized spacial score (nSPS) is 24.0. The van der Waals surface area contributed by atoms with Gasteiger partial charge in [0.1, 0.15) is 11.2 Å². The minimum Gasteiger partial charge on any atom is -0.351 e. The molecule has 1 aromatic rings. The number of hydrogen-bond acceptors (Lipinski definition) is 6. The van der Waals surface area contributed by atoms with Crippen molar-refractivity contribution in [3.05, 3.63) is 17.5 Å². The van der Waals surface area contributed by atoms with E-state index < -0.39 is 5.54 Å². The summed E-state index contributed by atoms with van der Waals surface area (Å²) in [6.45, 7) is 10.3. The minimum absolute atomic E-state index is 0.137. The predicted octanol–water partition coefficient (Wildman–Crippen LogP) is 0.934. The average molecular weight is 488 g/mol. The maximum Gasteiger partial charge on any atom is 0.273 e. The summed E-state index contributed by atoms with van der Waals surface area (Å²) in [5.74, 6) is -0.664. The van der Waals surface area contributed by atoms with Crippen LogP contribution >= 0.6 is 0 Å². The van der Waals surface area contributed by atoms with Crippen molar-refractivity contribution in [2.75, 3.05) is 52.9 Å². The zero-order chi connectivity index (χ0) is 25.0. The third-order valence-electron chi connectivity index (χ3n) is 7.69. The Morgan fingerprint density at radius 3 is 2.54 bits per heavy atom. The number of piperazine rings is 1. The molecule has 10 nitrogen and oxygen atoms in total. The fourth-order valence-corrected chi connectivity index (χ4v) is 5.40. The van der Waals surface area contributed by atoms with E-state index in [1.807, 2.05) is 13.8 Å². The number of amides is 3. The van der Waals surface area contributed by atoms with Crippen LogP contribution in [0.15, 0.2) is 6.07 Å². The minimum atomic E-state index is -1.04. The van der Waals surface area contributed by atoms with Crippen LogP contribution in [0.4, 0.5) is 0 Å². The Hall–Kier alpha value is -2.46. The lowest BCUT2D eigenvalue weighted by Crippen LogP contribution is -2.65. The zero-order valence-electron chi connectivity index (χ0n) is 21.5. The van der Waals surface area contributed by atoms with Gasteiger partial charge in [-0.1, -0.05) is 19.8 Å². The molecule has 194 valence electrons. The zero-order valence-corrected chi connectivity index (χ0v) is 21.5. The van der Waals surface area contributed by atoms with Crippen LogP contribution in [-0.2, 0) is 11.3 Å². The second-order valence-electron chi connectivity index (χ2n) is 10.5. The molecule has 4 rings (SSSR count). The molecule has 0 unspecified atom stereocenters. The molecule has 35 heavy (non-hydrogen) atoms. The number of carbonyl (C=O) groups excluding carboxylic acids is 3. The van der Waals surface area contributed by atoms with Crippen LogP contribution in [0.5, 0.6) is 0 Å². The van der Waals surface area contributed by atoms with Crippen LogP contribution in [-0.4, -0.2) is 107 Å². The van der Waals surface area contributed by atoms with E-state index in [4.69, 9.17) is 0 Å². The molecule has 3 amide bonds. The quantitative estimate of drug-likeness (QED) is 0.503. The summed E-state index contributed by atoms with van der Waals surface area (Å²) in [6, 6.07) is 1.74. The molecule has 3 heterocycles. The van der Waals surface area contributed by atoms with Gasteiger partial charge in [0.15, 0.2) is 5.69 Å². The van der Waals surface area contributed by atoms with E-state index >= 15 is 0 Å². The fourth-order valence-electron chi connectivity index (χ4n) is 5.40. The summed E-state index contributed by atoms with van der Waals surface area (Å²) in [6.07, 6.45) is 5.82. The first-order valence-electron chi connectivity index (χ1n) is 13.2. The summed E-state index contributed by atoms with van der Waals surface area (Å²) in [5.41, 5.74) is -0.442. The number of hydrogen-bond donors (Lipinski definition) is 2. The lowest BCUT2D eigenvalue weighted by molar-refractivity contribution is -0.133. The molecule has 1 saturated heterocycles. The van der Waals surface area contributed by atoms with E-state index in [0.29, 0.717) is 18.8 Å². The number of carbonyl (C=O) groups is 3. The maximum atomic E-state index is 13.4. The van der Waals surface area contributed by atoms with Crippen molar-refractivity contribution >= 4 is 17.7 Å². The summed E-state index contributed by atoms with van der Waals surface area (Å²) < 4.78 is 1.54. The Morgan fingerprint density at radius 2 is 1.86 bits per heavy atom. The summed E-state index contributed by atoms with van der Waals surface area (Å²) in [7, 11) is 2.14. The van der Waals surface area contributed by atoms with Crippen LogP contribution in [0, 0.1) is 0 Å². The molecule has 2 N–H and O–H groups in total. The lowest BCUT2D eigenvalue weighted by atomic mass is 9.94. The number of nitrogens with one attached hydrogen (secondary N) is 2. The SMILES string of the molecule is CCCN1C(=O)c2cc(C(=O)NCCCN3CCN(C)CC3)nn2C[C@]1(C)C(=O)NC1CCCC1. The molecule has 1 aromatic heterocycles. The third kappa shape index (κ3) is 5.69. The summed E-state index contributed by atoms with van der Waals surface area (Å²) in [4.78, 5) is 45.9. The molecular weight excluding hydrogens is 446 g/mol. The first kappa shape index (κ1) is 25.6. The van der Waals surface area contributed by atoms with Crippen LogP contribution in [0.3, 0.4) is 0 Å². The molecule has 1 saturated carbocycles. The van der Waals surface area contributed by atoms with Gasteiger partial charge in [-0.25, -0.2) is 0 Å². The van der Waals surface area contributed by atoms with Crippen LogP contribution in [0.25, 0.3) is 0 Å². The monoisotopic (exact) mass is 487 g/mol. The Labute approximate surface area is 208 Å². The number of nitrogens with zero attached hydrogens (tertiary/aromatic N) is 5. The van der Waals surface area contributed by atoms with E-state index in [9.17, 15) is 14.4 Å². The summed E-state index contributed by atoms with van der Waals surface area (Å²) in [5, 5.41) is 10.5. The molecule has 1 aliphatic carbocycles. The molecule has 0 bridgehead atoms. The van der Waals surface area contributed by atoms with Crippen molar-refractivity contribution in [3.8, 4) is 0 Å². The fraction of sp³-hybridized carbons (Fsp3) is 0.760. The van der Waals surface area contributed by atoms with Gasteiger partial charge in [0.05, 0.1) is 6.54 Å². The van der Waals surface area contributed by atoms with Gasteiger partial charge in [0, 0.05) is 51.4 Å². The van der Waals surface area contributed by atoms with E-state index in [2.05, 4.69) is 32.6 Å². The topological polar surface area (TPSA) is 103 Å². The smallest absolute Gasteiger partial charge is 0.273 e. The van der Waals surface area contributed by atoms with Gasteiger partial charge >= 0.3 is 0 Å². The Morgan fingerprint density at radius 1 is 1.14 bits per heavy atom. The molecule has 3 aliphatic rings. The van der Waals surface area contributed by atoms with E-state index in [-0.39, 0.29) is 36.0 Å². The molecule has 0 radical (unpaired) electrons. The highest BCUT2D eigenvalue weighted by Crippen LogP contribution is 2.29. The third-order valence-corrected chi connectivity index (χ3v) is 7.69. The molecule has 2 fully saturated rings. The standard InChI is InChI=1S/C25H41N7O3/c1-4-11-31-23(34)21-17-20(22(33)26-10-7-12-30-15-13-29(3)14-16-30)28-32(21)18-25(31,2)24(35)27-19-8-5-6-9-19/h17,19H,4-16,18H2,1-3H3,(H,26,33)(H,27,35)/t25-/m1/s1. The molecule has 10 heteroatoms. The van der Waals surface area contributed by atoms with Gasteiger partial charge in [-0.05, 0) is 46.2 Å². The van der Waals surface area contributed by atoms with Crippen molar-refractivity contribution in [3.63, 3.8) is 0 Å². The van der Waals surface area contributed by atoms with Gasteiger partial charge in [0.2, 0.25) is 5.91 Å². The van der Waals surface area contributed by atoms with Crippen LogP contribution in [0.1, 0.15) is 73.3 Å². The second kappa shape index (κ2) is 11.1. The highest BCUT2D eigenvalue weighted by molar-refractivity contribution is 6.01.